The van der Waals surface area contributed by atoms with Gasteiger partial charge in [0.1, 0.15) is 11.5 Å². The van der Waals surface area contributed by atoms with E-state index in [-0.39, 0.29) is 0 Å². The molecule has 0 aliphatic rings. The van der Waals surface area contributed by atoms with Crippen LogP contribution in [0.1, 0.15) is 0 Å². The van der Waals surface area contributed by atoms with Crippen LogP contribution in [0, 0.1) is 0 Å². The Morgan fingerprint density at radius 3 is 1.16 bits per heavy atom. The normalized spacial score (nSPS) is 10.5. The van der Waals surface area contributed by atoms with Crippen molar-refractivity contribution in [1.29, 1.82) is 0 Å². The second-order valence-corrected chi connectivity index (χ2v) is 5.78. The van der Waals surface area contributed by atoms with Crippen molar-refractivity contribution in [3.05, 3.63) is 24.3 Å². The summed E-state index contributed by atoms with van der Waals surface area (Å²) >= 11 is 17.0. The molecule has 0 aliphatic carbocycles. The molecule has 0 aliphatic heterocycles. The number of nitrogens with two attached hydrogens (primary N) is 2. The number of rotatable bonds is 2. The number of benzene rings is 2. The molecule has 0 amide bonds. The van der Waals surface area contributed by atoms with Gasteiger partial charge in [-0.15, -0.1) is 50.5 Å². The number of hydrogen-bond donors (Lipinski definition) is 6. The Morgan fingerprint density at radius 1 is 0.632 bits per heavy atom. The van der Waals surface area contributed by atoms with Gasteiger partial charge >= 0.3 is 0 Å². The van der Waals surface area contributed by atoms with Gasteiger partial charge in [-0.3, -0.25) is 0 Å². The summed E-state index contributed by atoms with van der Waals surface area (Å²) in [5.74, 6) is 1.16. The Hall–Kier alpha value is -0.760. The van der Waals surface area contributed by atoms with Crippen LogP contribution in [0.3, 0.4) is 0 Å². The topological polar surface area (TPSA) is 61.3 Å². The summed E-state index contributed by atoms with van der Waals surface area (Å²) in [6, 6.07) is 6.85. The molecule has 0 saturated carbocycles. The maximum absolute atomic E-state index is 5.76. The summed E-state index contributed by atoms with van der Waals surface area (Å²) < 4.78 is 5.70. The first-order valence-electron chi connectivity index (χ1n) is 5.19. The predicted molar refractivity (Wildman–Crippen MR) is 90.8 cm³/mol. The molecule has 4 N–H and O–H groups in total. The molecule has 2 rings (SSSR count). The minimum Gasteiger partial charge on any atom is -0.457 e. The maximum Gasteiger partial charge on any atom is 0.129 e. The molecule has 0 spiro atoms. The van der Waals surface area contributed by atoms with Gasteiger partial charge in [-0.05, 0) is 24.3 Å². The molecule has 0 heterocycles. The van der Waals surface area contributed by atoms with Crippen molar-refractivity contribution >= 4 is 61.9 Å². The molecule has 0 saturated heterocycles. The predicted octanol–water partition coefficient (Wildman–Crippen LogP) is 3.80. The third kappa shape index (κ3) is 3.22. The largest absolute Gasteiger partial charge is 0.457 e. The highest BCUT2D eigenvalue weighted by Crippen LogP contribution is 2.35. The molecule has 0 unspecified atom stereocenters. The minimum absolute atomic E-state index is 0.515. The number of ether oxygens (including phenoxy) is 1. The molecule has 3 nitrogen and oxygen atoms in total. The van der Waals surface area contributed by atoms with Gasteiger partial charge in [0.15, 0.2) is 0 Å². The fourth-order valence-electron chi connectivity index (χ4n) is 1.45. The van der Waals surface area contributed by atoms with E-state index in [9.17, 15) is 0 Å². The molecular formula is C12H12N2OS4. The Labute approximate surface area is 133 Å². The highest BCUT2D eigenvalue weighted by Gasteiger charge is 2.08. The smallest absolute Gasteiger partial charge is 0.129 e. The monoisotopic (exact) mass is 328 g/mol. The van der Waals surface area contributed by atoms with E-state index in [1.165, 1.54) is 0 Å². The number of hydrogen-bond acceptors (Lipinski definition) is 7. The fraction of sp³-hybridized carbons (Fsp3) is 0. The van der Waals surface area contributed by atoms with Crippen LogP contribution in [-0.2, 0) is 0 Å². The van der Waals surface area contributed by atoms with Crippen molar-refractivity contribution < 1.29 is 4.74 Å². The van der Waals surface area contributed by atoms with Crippen LogP contribution < -0.4 is 16.2 Å². The fourth-order valence-corrected chi connectivity index (χ4v) is 2.62. The van der Waals surface area contributed by atoms with Crippen LogP contribution in [-0.4, -0.2) is 0 Å². The van der Waals surface area contributed by atoms with Gasteiger partial charge in [0.25, 0.3) is 0 Å². The third-order valence-corrected chi connectivity index (χ3v) is 3.94. The van der Waals surface area contributed by atoms with Crippen LogP contribution >= 0.6 is 50.5 Å². The number of thiol groups is 4. The summed E-state index contributed by atoms with van der Waals surface area (Å²) in [6.07, 6.45) is 0. The van der Waals surface area contributed by atoms with Gasteiger partial charge in [0.2, 0.25) is 0 Å². The summed E-state index contributed by atoms with van der Waals surface area (Å²) in [5, 5.41) is 0. The van der Waals surface area contributed by atoms with Crippen molar-refractivity contribution in [2.45, 2.75) is 19.6 Å². The highest BCUT2D eigenvalue weighted by atomic mass is 32.1. The summed E-state index contributed by atoms with van der Waals surface area (Å²) in [7, 11) is 0. The highest BCUT2D eigenvalue weighted by molar-refractivity contribution is 7.81. The zero-order valence-electron chi connectivity index (χ0n) is 9.66. The van der Waals surface area contributed by atoms with Crippen LogP contribution in [0.15, 0.2) is 43.8 Å². The van der Waals surface area contributed by atoms with Crippen LogP contribution in [0.4, 0.5) is 11.4 Å². The van der Waals surface area contributed by atoms with Crippen LogP contribution in [0.2, 0.25) is 0 Å². The first kappa shape index (κ1) is 14.6. The van der Waals surface area contributed by atoms with E-state index in [0.29, 0.717) is 42.5 Å². The molecule has 7 heteroatoms. The molecule has 100 valence electrons. The minimum atomic E-state index is 0.515. The van der Waals surface area contributed by atoms with Gasteiger partial charge in [-0.25, -0.2) is 0 Å². The van der Waals surface area contributed by atoms with Crippen molar-refractivity contribution in [2.75, 3.05) is 11.5 Å². The average Bonchev–Trinajstić information content (AvgIpc) is 2.33. The van der Waals surface area contributed by atoms with E-state index >= 15 is 0 Å². The molecule has 2 aromatic rings. The Bertz CT molecular complexity index is 544. The zero-order valence-corrected chi connectivity index (χ0v) is 13.2. The Morgan fingerprint density at radius 2 is 0.895 bits per heavy atom. The molecule has 0 bridgehead atoms. The average molecular weight is 329 g/mol. The van der Waals surface area contributed by atoms with Gasteiger partial charge in [0.05, 0.1) is 11.4 Å². The van der Waals surface area contributed by atoms with Crippen LogP contribution in [0.5, 0.6) is 11.5 Å². The molecule has 2 aromatic carbocycles. The summed E-state index contributed by atoms with van der Waals surface area (Å²) in [6.45, 7) is 0. The van der Waals surface area contributed by atoms with E-state index < -0.39 is 0 Å². The molecule has 0 atom stereocenters. The Balaban J connectivity index is 2.36. The van der Waals surface area contributed by atoms with Gasteiger partial charge in [-0.2, -0.15) is 0 Å². The first-order chi connectivity index (χ1) is 8.88. The quantitative estimate of drug-likeness (QED) is 0.375. The van der Waals surface area contributed by atoms with Crippen molar-refractivity contribution in [1.82, 2.24) is 0 Å². The Kier molecular flexibility index (Phi) is 4.39. The molecule has 0 aromatic heterocycles. The lowest BCUT2D eigenvalue weighted by Gasteiger charge is -2.11. The molecular weight excluding hydrogens is 316 g/mol. The summed E-state index contributed by atoms with van der Waals surface area (Å²) in [5.41, 5.74) is 12.6. The van der Waals surface area contributed by atoms with Gasteiger partial charge < -0.3 is 16.2 Å². The molecule has 0 fully saturated rings. The lowest BCUT2D eigenvalue weighted by Crippen LogP contribution is -1.93. The maximum atomic E-state index is 5.76. The molecule has 0 radical (unpaired) electrons. The van der Waals surface area contributed by atoms with E-state index in [1.54, 1.807) is 24.3 Å². The van der Waals surface area contributed by atoms with Crippen molar-refractivity contribution in [3.63, 3.8) is 0 Å². The lowest BCUT2D eigenvalue weighted by molar-refractivity contribution is 0.477. The SMILES string of the molecule is Nc1c(S)cc(Oc2cc(S)c(N)c(S)c2)cc1S. The van der Waals surface area contributed by atoms with E-state index in [2.05, 4.69) is 50.5 Å². The number of nitrogen functional groups attached to an aromatic ring is 2. The third-order valence-electron chi connectivity index (χ3n) is 2.46. The summed E-state index contributed by atoms with van der Waals surface area (Å²) in [4.78, 5) is 2.43. The van der Waals surface area contributed by atoms with Gasteiger partial charge in [0, 0.05) is 19.6 Å². The second-order valence-electron chi connectivity index (χ2n) is 3.85. The number of anilines is 2. The zero-order chi connectivity index (χ0) is 14.2. The van der Waals surface area contributed by atoms with Crippen molar-refractivity contribution in [3.8, 4) is 11.5 Å². The van der Waals surface area contributed by atoms with E-state index in [1.807, 2.05) is 0 Å². The van der Waals surface area contributed by atoms with Crippen LogP contribution in [0.25, 0.3) is 0 Å². The van der Waals surface area contributed by atoms with Crippen molar-refractivity contribution in [2.24, 2.45) is 0 Å². The van der Waals surface area contributed by atoms with E-state index in [0.717, 1.165) is 0 Å². The van der Waals surface area contributed by atoms with E-state index in [4.69, 9.17) is 16.2 Å². The standard InChI is InChI=1S/C12H12N2OS4/c13-11-7(16)1-5(2-8(11)17)15-6-3-9(18)12(14)10(19)4-6/h1-4,16-19H,13-14H2. The van der Waals surface area contributed by atoms with Gasteiger partial charge in [-0.1, -0.05) is 0 Å². The first-order valence-corrected chi connectivity index (χ1v) is 6.98. The molecule has 19 heavy (non-hydrogen) atoms. The second kappa shape index (κ2) is 5.70. The lowest BCUT2D eigenvalue weighted by atomic mass is 10.3.